The molecule has 18 heavy (non-hydrogen) atoms. The van der Waals surface area contributed by atoms with E-state index in [1.807, 2.05) is 0 Å². The summed E-state index contributed by atoms with van der Waals surface area (Å²) in [6, 6.07) is 9.21. The Kier molecular flexibility index (Phi) is 2.58. The third-order valence-corrected chi connectivity index (χ3v) is 4.57. The van der Waals surface area contributed by atoms with Crippen molar-refractivity contribution < 1.29 is 0 Å². The molecule has 2 atom stereocenters. The van der Waals surface area contributed by atoms with E-state index in [0.717, 1.165) is 31.8 Å². The molecule has 0 saturated heterocycles. The van der Waals surface area contributed by atoms with Crippen molar-refractivity contribution in [2.24, 2.45) is 10.7 Å². The zero-order chi connectivity index (χ0) is 12.8. The quantitative estimate of drug-likeness (QED) is 0.865. The second-order valence-corrected chi connectivity index (χ2v) is 5.49. The second-order valence-electron chi connectivity index (χ2n) is 5.49. The highest BCUT2D eigenvalue weighted by molar-refractivity contribution is 5.82. The molecule has 96 valence electrons. The van der Waals surface area contributed by atoms with Crippen molar-refractivity contribution in [3.8, 4) is 0 Å². The topological polar surface area (TPSA) is 41.6 Å². The number of hydrogen-bond acceptors (Lipinski definition) is 3. The first kappa shape index (κ1) is 11.6. The summed E-state index contributed by atoms with van der Waals surface area (Å²) in [5.41, 5.74) is 9.09. The fraction of sp³-hybridized carbons (Fsp3) is 0.533. The van der Waals surface area contributed by atoms with Crippen molar-refractivity contribution in [3.05, 3.63) is 35.4 Å². The molecule has 1 spiro atoms. The molecule has 1 aliphatic heterocycles. The zero-order valence-electron chi connectivity index (χ0n) is 11.2. The van der Waals surface area contributed by atoms with E-state index in [9.17, 15) is 0 Å². The molecule has 0 bridgehead atoms. The van der Waals surface area contributed by atoms with E-state index < -0.39 is 0 Å². The predicted octanol–water partition coefficient (Wildman–Crippen LogP) is 2.26. The lowest BCUT2D eigenvalue weighted by Gasteiger charge is -2.41. The Morgan fingerprint density at radius 1 is 1.44 bits per heavy atom. The number of benzene rings is 1. The molecule has 2 N–H and O–H groups in total. The highest BCUT2D eigenvalue weighted by Crippen LogP contribution is 2.45. The molecule has 0 aromatic heterocycles. The Hall–Kier alpha value is -1.51. The minimum Gasteiger partial charge on any atom is -0.370 e. The summed E-state index contributed by atoms with van der Waals surface area (Å²) in [5.74, 6) is 0.723. The standard InChI is InChI=1S/C15H21N3/c1-3-11(2)18-14(16)17-10-15(18)9-8-12-6-4-5-7-13(12)15/h4-7,11H,3,8-10H2,1-2H3,(H2,16,17). The van der Waals surface area contributed by atoms with E-state index in [4.69, 9.17) is 5.73 Å². The van der Waals surface area contributed by atoms with E-state index >= 15 is 0 Å². The molecule has 3 rings (SSSR count). The molecule has 3 heteroatoms. The van der Waals surface area contributed by atoms with Crippen LogP contribution in [0.25, 0.3) is 0 Å². The summed E-state index contributed by atoms with van der Waals surface area (Å²) in [4.78, 5) is 6.90. The van der Waals surface area contributed by atoms with Crippen LogP contribution < -0.4 is 5.73 Å². The minimum atomic E-state index is 0.0378. The Balaban J connectivity index is 2.07. The minimum absolute atomic E-state index is 0.0378. The van der Waals surface area contributed by atoms with Crippen molar-refractivity contribution in [1.29, 1.82) is 0 Å². The van der Waals surface area contributed by atoms with Gasteiger partial charge in [0.1, 0.15) is 0 Å². The van der Waals surface area contributed by atoms with Gasteiger partial charge in [0.25, 0.3) is 0 Å². The van der Waals surface area contributed by atoms with Crippen molar-refractivity contribution in [2.45, 2.75) is 44.7 Å². The Morgan fingerprint density at radius 3 is 3.00 bits per heavy atom. The maximum Gasteiger partial charge on any atom is 0.192 e. The van der Waals surface area contributed by atoms with E-state index in [-0.39, 0.29) is 5.54 Å². The molecule has 3 nitrogen and oxygen atoms in total. The van der Waals surface area contributed by atoms with Crippen LogP contribution >= 0.6 is 0 Å². The van der Waals surface area contributed by atoms with Crippen molar-refractivity contribution >= 4 is 5.96 Å². The monoisotopic (exact) mass is 243 g/mol. The van der Waals surface area contributed by atoms with Crippen molar-refractivity contribution in [2.75, 3.05) is 6.54 Å². The molecule has 1 aromatic carbocycles. The molecule has 0 radical (unpaired) electrons. The summed E-state index contributed by atoms with van der Waals surface area (Å²) < 4.78 is 0. The van der Waals surface area contributed by atoms with Gasteiger partial charge in [-0.1, -0.05) is 31.2 Å². The smallest absolute Gasteiger partial charge is 0.192 e. The average molecular weight is 243 g/mol. The van der Waals surface area contributed by atoms with Gasteiger partial charge >= 0.3 is 0 Å². The van der Waals surface area contributed by atoms with Gasteiger partial charge in [0, 0.05) is 6.04 Å². The fourth-order valence-corrected chi connectivity index (χ4v) is 3.50. The largest absolute Gasteiger partial charge is 0.370 e. The molecule has 2 aliphatic rings. The zero-order valence-corrected chi connectivity index (χ0v) is 11.2. The highest BCUT2D eigenvalue weighted by Gasteiger charge is 2.48. The summed E-state index contributed by atoms with van der Waals surface area (Å²) in [6.45, 7) is 5.28. The van der Waals surface area contributed by atoms with E-state index in [0.29, 0.717) is 6.04 Å². The van der Waals surface area contributed by atoms with Crippen LogP contribution in [0.2, 0.25) is 0 Å². The van der Waals surface area contributed by atoms with E-state index in [1.165, 1.54) is 11.1 Å². The number of aryl methyl sites for hydroxylation is 1. The molecule has 0 saturated carbocycles. The number of fused-ring (bicyclic) bond motifs is 2. The van der Waals surface area contributed by atoms with Gasteiger partial charge in [-0.25, -0.2) is 0 Å². The van der Waals surface area contributed by atoms with Gasteiger partial charge in [-0.3, -0.25) is 4.99 Å². The number of guanidine groups is 1. The average Bonchev–Trinajstić information content (AvgIpc) is 2.93. The molecule has 1 heterocycles. The van der Waals surface area contributed by atoms with Gasteiger partial charge in [-0.15, -0.1) is 0 Å². The molecular weight excluding hydrogens is 222 g/mol. The predicted molar refractivity (Wildman–Crippen MR) is 74.5 cm³/mol. The SMILES string of the molecule is CCC(C)N1C(N)=NCC12CCc1ccccc12. The van der Waals surface area contributed by atoms with Gasteiger partial charge in [0.05, 0.1) is 12.1 Å². The Labute approximate surface area is 109 Å². The van der Waals surface area contributed by atoms with Crippen molar-refractivity contribution in [3.63, 3.8) is 0 Å². The lowest BCUT2D eigenvalue weighted by molar-refractivity contribution is 0.153. The number of nitrogens with zero attached hydrogens (tertiary/aromatic N) is 2. The first-order valence-corrected chi connectivity index (χ1v) is 6.86. The van der Waals surface area contributed by atoms with Gasteiger partial charge in [-0.2, -0.15) is 0 Å². The first-order valence-electron chi connectivity index (χ1n) is 6.86. The molecule has 0 fully saturated rings. The summed E-state index contributed by atoms with van der Waals surface area (Å²) in [6.07, 6.45) is 3.38. The van der Waals surface area contributed by atoms with Crippen LogP contribution in [-0.2, 0) is 12.0 Å². The van der Waals surface area contributed by atoms with Crippen LogP contribution in [0.15, 0.2) is 29.3 Å². The lowest BCUT2D eigenvalue weighted by atomic mass is 9.89. The number of nitrogens with two attached hydrogens (primary N) is 1. The third kappa shape index (κ3) is 1.39. The first-order chi connectivity index (χ1) is 8.69. The summed E-state index contributed by atoms with van der Waals surface area (Å²) >= 11 is 0. The van der Waals surface area contributed by atoms with Crippen LogP contribution in [0.4, 0.5) is 0 Å². The Morgan fingerprint density at radius 2 is 2.22 bits per heavy atom. The number of hydrogen-bond donors (Lipinski definition) is 1. The Bertz CT molecular complexity index is 494. The number of rotatable bonds is 2. The van der Waals surface area contributed by atoms with Gasteiger partial charge < -0.3 is 10.6 Å². The van der Waals surface area contributed by atoms with Gasteiger partial charge in [0.2, 0.25) is 0 Å². The lowest BCUT2D eigenvalue weighted by Crippen LogP contribution is -2.52. The van der Waals surface area contributed by atoms with Crippen LogP contribution in [0.5, 0.6) is 0 Å². The maximum absolute atomic E-state index is 6.14. The molecule has 1 aliphatic carbocycles. The van der Waals surface area contributed by atoms with Crippen molar-refractivity contribution in [1.82, 2.24) is 4.90 Å². The number of aliphatic imine (C=N–C) groups is 1. The van der Waals surface area contributed by atoms with E-state index in [1.54, 1.807) is 0 Å². The molecule has 0 amide bonds. The summed E-state index contributed by atoms with van der Waals surface area (Å²) in [7, 11) is 0. The van der Waals surface area contributed by atoms with Crippen LogP contribution in [-0.4, -0.2) is 23.4 Å². The fourth-order valence-electron chi connectivity index (χ4n) is 3.50. The third-order valence-electron chi connectivity index (χ3n) is 4.57. The molecule has 2 unspecified atom stereocenters. The molecule has 1 aromatic rings. The normalized spacial score (nSPS) is 27.4. The van der Waals surface area contributed by atoms with Gasteiger partial charge in [0.15, 0.2) is 5.96 Å². The highest BCUT2D eigenvalue weighted by atomic mass is 15.4. The maximum atomic E-state index is 6.14. The van der Waals surface area contributed by atoms with E-state index in [2.05, 4.69) is 48.0 Å². The van der Waals surface area contributed by atoms with Crippen LogP contribution in [0, 0.1) is 0 Å². The van der Waals surface area contributed by atoms with Gasteiger partial charge in [-0.05, 0) is 37.3 Å². The second kappa shape index (κ2) is 4.01. The molecular formula is C15H21N3. The van der Waals surface area contributed by atoms with Crippen LogP contribution in [0.1, 0.15) is 37.8 Å². The summed E-state index contributed by atoms with van der Waals surface area (Å²) in [5, 5.41) is 0. The van der Waals surface area contributed by atoms with Crippen LogP contribution in [0.3, 0.4) is 0 Å².